The van der Waals surface area contributed by atoms with Crippen LogP contribution in [0.25, 0.3) is 11.2 Å². The topological polar surface area (TPSA) is 50.8 Å². The van der Waals surface area contributed by atoms with Gasteiger partial charge >= 0.3 is 0 Å². The third kappa shape index (κ3) is 1.50. The van der Waals surface area contributed by atoms with Crippen molar-refractivity contribution in [2.24, 2.45) is 0 Å². The summed E-state index contributed by atoms with van der Waals surface area (Å²) in [6.45, 7) is 3.00. The lowest BCUT2D eigenvalue weighted by atomic mass is 9.99. The van der Waals surface area contributed by atoms with Crippen LogP contribution in [-0.2, 0) is 4.74 Å². The predicted octanol–water partition coefficient (Wildman–Crippen LogP) is 2.24. The maximum atomic E-state index is 5.68. The van der Waals surface area contributed by atoms with E-state index in [1.165, 1.54) is 0 Å². The number of hydrogen-bond donors (Lipinski definition) is 1. The lowest BCUT2D eigenvalue weighted by Crippen LogP contribution is -2.14. The van der Waals surface area contributed by atoms with E-state index in [1.807, 2.05) is 12.1 Å². The number of aromatic amines is 1. The minimum Gasteiger partial charge on any atom is -0.377 e. The predicted molar refractivity (Wildman–Crippen MR) is 61.3 cm³/mol. The van der Waals surface area contributed by atoms with Crippen LogP contribution in [0.3, 0.4) is 0 Å². The minimum atomic E-state index is 0.306. The van der Waals surface area contributed by atoms with Gasteiger partial charge < -0.3 is 9.72 Å². The molecule has 1 aliphatic rings. The number of imidazole rings is 1. The summed E-state index contributed by atoms with van der Waals surface area (Å²) in [4.78, 5) is 12.1. The lowest BCUT2D eigenvalue weighted by Gasteiger charge is -2.13. The molecule has 3 heterocycles. The number of rotatable bonds is 2. The van der Waals surface area contributed by atoms with E-state index < -0.39 is 0 Å². The van der Waals surface area contributed by atoms with Gasteiger partial charge in [-0.15, -0.1) is 0 Å². The van der Waals surface area contributed by atoms with Crippen LogP contribution in [0.5, 0.6) is 0 Å². The summed E-state index contributed by atoms with van der Waals surface area (Å²) in [5.74, 6) is 1.43. The van der Waals surface area contributed by atoms with Crippen LogP contribution in [0.4, 0.5) is 0 Å². The van der Waals surface area contributed by atoms with Crippen molar-refractivity contribution < 1.29 is 4.74 Å². The van der Waals surface area contributed by atoms with Gasteiger partial charge in [0.1, 0.15) is 5.82 Å². The quantitative estimate of drug-likeness (QED) is 0.839. The zero-order valence-electron chi connectivity index (χ0n) is 9.31. The SMILES string of the molecule is CCC1OCCC1c1nc2ncccc2[nH]1. The number of nitrogens with zero attached hydrogens (tertiary/aromatic N) is 2. The van der Waals surface area contributed by atoms with E-state index in [0.29, 0.717) is 12.0 Å². The molecule has 2 aromatic heterocycles. The highest BCUT2D eigenvalue weighted by atomic mass is 16.5. The van der Waals surface area contributed by atoms with Crippen LogP contribution in [0.2, 0.25) is 0 Å². The zero-order chi connectivity index (χ0) is 11.0. The number of pyridine rings is 1. The molecule has 0 aliphatic carbocycles. The molecule has 0 amide bonds. The normalized spacial score (nSPS) is 25.3. The lowest BCUT2D eigenvalue weighted by molar-refractivity contribution is 0.0996. The smallest absolute Gasteiger partial charge is 0.177 e. The van der Waals surface area contributed by atoms with E-state index >= 15 is 0 Å². The molecule has 0 saturated carbocycles. The van der Waals surface area contributed by atoms with Gasteiger partial charge in [-0.2, -0.15) is 0 Å². The van der Waals surface area contributed by atoms with Gasteiger partial charge in [0, 0.05) is 18.7 Å². The van der Waals surface area contributed by atoms with Gasteiger partial charge in [0.05, 0.1) is 11.6 Å². The number of H-pyrrole nitrogens is 1. The highest BCUT2D eigenvalue weighted by molar-refractivity contribution is 5.70. The zero-order valence-corrected chi connectivity index (χ0v) is 9.31. The van der Waals surface area contributed by atoms with Crippen molar-refractivity contribution in [3.63, 3.8) is 0 Å². The standard InChI is InChI=1S/C12H15N3O/c1-2-10-8(5-7-16-10)11-14-9-4-3-6-13-12(9)15-11/h3-4,6,8,10H,2,5,7H2,1H3,(H,13,14,15). The molecule has 4 heteroatoms. The Morgan fingerprint density at radius 2 is 2.50 bits per heavy atom. The van der Waals surface area contributed by atoms with E-state index in [4.69, 9.17) is 4.74 Å². The summed E-state index contributed by atoms with van der Waals surface area (Å²) in [6, 6.07) is 3.93. The van der Waals surface area contributed by atoms with Crippen molar-refractivity contribution >= 4 is 11.2 Å². The van der Waals surface area contributed by atoms with Crippen molar-refractivity contribution in [1.82, 2.24) is 15.0 Å². The Morgan fingerprint density at radius 3 is 3.31 bits per heavy atom. The molecule has 1 fully saturated rings. The Bertz CT molecular complexity index is 461. The Kier molecular flexibility index (Phi) is 2.36. The molecule has 0 aromatic carbocycles. The van der Waals surface area contributed by atoms with Crippen LogP contribution >= 0.6 is 0 Å². The van der Waals surface area contributed by atoms with Crippen LogP contribution in [0, 0.1) is 0 Å². The van der Waals surface area contributed by atoms with E-state index in [2.05, 4.69) is 21.9 Å². The molecule has 0 radical (unpaired) electrons. The number of nitrogens with one attached hydrogen (secondary N) is 1. The molecule has 4 nitrogen and oxygen atoms in total. The molecule has 1 saturated heterocycles. The first-order valence-corrected chi connectivity index (χ1v) is 5.80. The van der Waals surface area contributed by atoms with E-state index in [9.17, 15) is 0 Å². The summed E-state index contributed by atoms with van der Waals surface area (Å²) in [7, 11) is 0. The summed E-state index contributed by atoms with van der Waals surface area (Å²) < 4.78 is 5.68. The fourth-order valence-corrected chi connectivity index (χ4v) is 2.40. The first-order valence-electron chi connectivity index (χ1n) is 5.80. The monoisotopic (exact) mass is 217 g/mol. The van der Waals surface area contributed by atoms with Gasteiger partial charge in [0.25, 0.3) is 0 Å². The fraction of sp³-hybridized carbons (Fsp3) is 0.500. The molecular weight excluding hydrogens is 202 g/mol. The fourth-order valence-electron chi connectivity index (χ4n) is 2.40. The minimum absolute atomic E-state index is 0.306. The van der Waals surface area contributed by atoms with Crippen LogP contribution in [-0.4, -0.2) is 27.7 Å². The van der Waals surface area contributed by atoms with Crippen LogP contribution in [0.15, 0.2) is 18.3 Å². The molecule has 2 unspecified atom stereocenters. The van der Waals surface area contributed by atoms with E-state index in [0.717, 1.165) is 36.4 Å². The molecule has 2 atom stereocenters. The number of fused-ring (bicyclic) bond motifs is 1. The van der Waals surface area contributed by atoms with Crippen molar-refractivity contribution in [2.45, 2.75) is 31.8 Å². The number of hydrogen-bond acceptors (Lipinski definition) is 3. The molecule has 0 spiro atoms. The van der Waals surface area contributed by atoms with Gasteiger partial charge in [0.15, 0.2) is 5.65 Å². The third-order valence-electron chi connectivity index (χ3n) is 3.24. The Morgan fingerprint density at radius 1 is 1.56 bits per heavy atom. The second kappa shape index (κ2) is 3.87. The largest absolute Gasteiger partial charge is 0.377 e. The third-order valence-corrected chi connectivity index (χ3v) is 3.24. The van der Waals surface area contributed by atoms with E-state index in [1.54, 1.807) is 6.20 Å². The molecule has 3 rings (SSSR count). The van der Waals surface area contributed by atoms with Crippen molar-refractivity contribution in [3.05, 3.63) is 24.2 Å². The number of ether oxygens (including phenoxy) is 1. The van der Waals surface area contributed by atoms with Crippen molar-refractivity contribution in [3.8, 4) is 0 Å². The van der Waals surface area contributed by atoms with Crippen molar-refractivity contribution in [2.75, 3.05) is 6.61 Å². The van der Waals surface area contributed by atoms with Gasteiger partial charge in [-0.25, -0.2) is 9.97 Å². The second-order valence-corrected chi connectivity index (χ2v) is 4.21. The Hall–Kier alpha value is -1.42. The molecule has 0 bridgehead atoms. The van der Waals surface area contributed by atoms with Crippen LogP contribution in [0.1, 0.15) is 31.5 Å². The molecule has 16 heavy (non-hydrogen) atoms. The highest BCUT2D eigenvalue weighted by Crippen LogP contribution is 2.31. The molecule has 1 N–H and O–H groups in total. The summed E-state index contributed by atoms with van der Waals surface area (Å²) >= 11 is 0. The number of aromatic nitrogens is 3. The maximum Gasteiger partial charge on any atom is 0.177 e. The summed E-state index contributed by atoms with van der Waals surface area (Å²) in [5, 5.41) is 0. The second-order valence-electron chi connectivity index (χ2n) is 4.21. The summed E-state index contributed by atoms with van der Waals surface area (Å²) in [6.07, 6.45) is 4.17. The first kappa shape index (κ1) is 9.78. The summed E-state index contributed by atoms with van der Waals surface area (Å²) in [5.41, 5.74) is 1.82. The first-order chi connectivity index (χ1) is 7.88. The van der Waals surface area contributed by atoms with Gasteiger partial charge in [-0.3, -0.25) is 0 Å². The van der Waals surface area contributed by atoms with Gasteiger partial charge in [-0.1, -0.05) is 6.92 Å². The molecular formula is C12H15N3O. The average Bonchev–Trinajstić information content (AvgIpc) is 2.94. The maximum absolute atomic E-state index is 5.68. The highest BCUT2D eigenvalue weighted by Gasteiger charge is 2.30. The van der Waals surface area contributed by atoms with E-state index in [-0.39, 0.29) is 0 Å². The Labute approximate surface area is 94.1 Å². The molecule has 1 aliphatic heterocycles. The molecule has 84 valence electrons. The Balaban J connectivity index is 1.99. The van der Waals surface area contributed by atoms with Crippen molar-refractivity contribution in [1.29, 1.82) is 0 Å². The van der Waals surface area contributed by atoms with Crippen LogP contribution < -0.4 is 0 Å². The average molecular weight is 217 g/mol. The molecule has 2 aromatic rings. The van der Waals surface area contributed by atoms with Gasteiger partial charge in [0.2, 0.25) is 0 Å². The van der Waals surface area contributed by atoms with Gasteiger partial charge in [-0.05, 0) is 25.0 Å².